The molecule has 3 aromatic carbocycles. The van der Waals surface area contributed by atoms with Crippen molar-refractivity contribution in [2.45, 2.75) is 11.7 Å². The van der Waals surface area contributed by atoms with Gasteiger partial charge in [-0.1, -0.05) is 36.4 Å². The molecule has 0 bridgehead atoms. The normalized spacial score (nSPS) is 12.9. The van der Waals surface area contributed by atoms with Crippen molar-refractivity contribution in [3.63, 3.8) is 0 Å². The zero-order valence-electron chi connectivity index (χ0n) is 16.0. The van der Waals surface area contributed by atoms with E-state index in [1.165, 1.54) is 24.3 Å². The molecule has 1 N–H and O–H groups in total. The smallest absolute Gasteiger partial charge is 0.151 e. The first-order chi connectivity index (χ1) is 14.2. The molecule has 30 heavy (non-hydrogen) atoms. The zero-order valence-corrected chi connectivity index (χ0v) is 16.8. The van der Waals surface area contributed by atoms with E-state index < -0.39 is 33.2 Å². The number of para-hydroxylation sites is 1. The van der Waals surface area contributed by atoms with Crippen LogP contribution in [0.4, 0.5) is 13.2 Å². The summed E-state index contributed by atoms with van der Waals surface area (Å²) in [6.45, 7) is 0. The van der Waals surface area contributed by atoms with Gasteiger partial charge >= 0.3 is 0 Å². The fraction of sp³-hybridized carbons (Fsp3) is 0.130. The highest BCUT2D eigenvalue weighted by atomic mass is 32.2. The molecule has 4 rings (SSSR count). The van der Waals surface area contributed by atoms with Crippen LogP contribution < -0.4 is 0 Å². The molecule has 3 nitrogen and oxygen atoms in total. The number of sulfone groups is 1. The molecule has 1 atom stereocenters. The first-order valence-electron chi connectivity index (χ1n) is 9.20. The minimum absolute atomic E-state index is 0.142. The predicted molar refractivity (Wildman–Crippen MR) is 111 cm³/mol. The summed E-state index contributed by atoms with van der Waals surface area (Å²) in [5, 5.41) is 0.717. The molecule has 1 aromatic heterocycles. The van der Waals surface area contributed by atoms with Crippen LogP contribution in [0.2, 0.25) is 0 Å². The number of aromatic amines is 1. The predicted octanol–water partition coefficient (Wildman–Crippen LogP) is 5.31. The van der Waals surface area contributed by atoms with Gasteiger partial charge in [0.1, 0.15) is 17.5 Å². The number of H-pyrrole nitrogens is 1. The Morgan fingerprint density at radius 2 is 1.60 bits per heavy atom. The number of hydrogen-bond acceptors (Lipinski definition) is 2. The van der Waals surface area contributed by atoms with Crippen LogP contribution in [0.3, 0.4) is 0 Å². The number of aromatic nitrogens is 1. The summed E-state index contributed by atoms with van der Waals surface area (Å²) in [6, 6.07) is 14.3. The van der Waals surface area contributed by atoms with Crippen molar-refractivity contribution in [1.82, 2.24) is 4.98 Å². The molecule has 1 heterocycles. The van der Waals surface area contributed by atoms with E-state index in [1.807, 2.05) is 6.07 Å². The second kappa shape index (κ2) is 7.65. The molecule has 0 aliphatic heterocycles. The van der Waals surface area contributed by atoms with E-state index in [2.05, 4.69) is 4.98 Å². The molecule has 0 amide bonds. The fourth-order valence-corrected chi connectivity index (χ4v) is 4.60. The lowest BCUT2D eigenvalue weighted by Crippen LogP contribution is -2.06. The van der Waals surface area contributed by atoms with Crippen molar-refractivity contribution in [3.05, 3.63) is 107 Å². The molecule has 0 aliphatic rings. The maximum absolute atomic E-state index is 14.8. The monoisotopic (exact) mass is 429 g/mol. The van der Waals surface area contributed by atoms with Crippen LogP contribution in [0.5, 0.6) is 0 Å². The fourth-order valence-electron chi connectivity index (χ4n) is 3.80. The summed E-state index contributed by atoms with van der Waals surface area (Å²) >= 11 is 0. The number of fused-ring (bicyclic) bond motifs is 1. The van der Waals surface area contributed by atoms with Gasteiger partial charge < -0.3 is 4.98 Å². The lowest BCUT2D eigenvalue weighted by molar-refractivity contribution is 0.570. The van der Waals surface area contributed by atoms with Crippen molar-refractivity contribution in [1.29, 1.82) is 0 Å². The summed E-state index contributed by atoms with van der Waals surface area (Å²) in [5.74, 6) is -2.62. The van der Waals surface area contributed by atoms with Gasteiger partial charge in [-0.15, -0.1) is 0 Å². The minimum Gasteiger partial charge on any atom is -0.361 e. The van der Waals surface area contributed by atoms with Crippen LogP contribution in [0.1, 0.15) is 28.2 Å². The van der Waals surface area contributed by atoms with Crippen molar-refractivity contribution in [3.8, 4) is 0 Å². The molecule has 7 heteroatoms. The van der Waals surface area contributed by atoms with E-state index in [1.54, 1.807) is 30.5 Å². The first kappa shape index (κ1) is 20.2. The Labute approximate surface area is 172 Å². The average molecular weight is 429 g/mol. The maximum Gasteiger partial charge on any atom is 0.151 e. The SMILES string of the molecule is CS(=O)(=O)Cc1cccc2c(C(c3ccc(F)cc3)c3ccc(F)cc3F)c[nH]c12. The van der Waals surface area contributed by atoms with Gasteiger partial charge in [0.25, 0.3) is 0 Å². The Kier molecular flexibility index (Phi) is 5.15. The number of halogens is 3. The Bertz CT molecular complexity index is 1330. The molecule has 0 radical (unpaired) electrons. The van der Waals surface area contributed by atoms with Crippen molar-refractivity contribution in [2.24, 2.45) is 0 Å². The van der Waals surface area contributed by atoms with Gasteiger partial charge in [-0.05, 0) is 40.5 Å². The molecule has 154 valence electrons. The van der Waals surface area contributed by atoms with E-state index in [9.17, 15) is 21.6 Å². The molecular formula is C23H18F3NO2S. The van der Waals surface area contributed by atoms with Gasteiger partial charge in [-0.2, -0.15) is 0 Å². The molecule has 4 aromatic rings. The van der Waals surface area contributed by atoms with Crippen molar-refractivity contribution < 1.29 is 21.6 Å². The highest BCUT2D eigenvalue weighted by Gasteiger charge is 2.24. The number of rotatable bonds is 5. The molecule has 0 fully saturated rings. The summed E-state index contributed by atoms with van der Waals surface area (Å²) in [6.07, 6.45) is 2.85. The third-order valence-electron chi connectivity index (χ3n) is 5.04. The topological polar surface area (TPSA) is 49.9 Å². The lowest BCUT2D eigenvalue weighted by Gasteiger charge is -2.19. The van der Waals surface area contributed by atoms with Crippen LogP contribution >= 0.6 is 0 Å². The van der Waals surface area contributed by atoms with E-state index in [0.717, 1.165) is 12.3 Å². The highest BCUT2D eigenvalue weighted by Crippen LogP contribution is 2.38. The number of hydrogen-bond donors (Lipinski definition) is 1. The molecule has 0 saturated heterocycles. The van der Waals surface area contributed by atoms with Gasteiger partial charge in [0.2, 0.25) is 0 Å². The summed E-state index contributed by atoms with van der Waals surface area (Å²) in [5.41, 5.74) is 2.76. The zero-order chi connectivity index (χ0) is 21.5. The Balaban J connectivity index is 1.95. The second-order valence-corrected chi connectivity index (χ2v) is 9.44. The van der Waals surface area contributed by atoms with E-state index >= 15 is 0 Å². The van der Waals surface area contributed by atoms with E-state index in [4.69, 9.17) is 0 Å². The largest absolute Gasteiger partial charge is 0.361 e. The molecule has 0 saturated carbocycles. The molecule has 0 spiro atoms. The second-order valence-electron chi connectivity index (χ2n) is 7.30. The van der Waals surface area contributed by atoms with Gasteiger partial charge in [0, 0.05) is 35.3 Å². The third kappa shape index (κ3) is 3.98. The van der Waals surface area contributed by atoms with E-state index in [-0.39, 0.29) is 11.3 Å². The van der Waals surface area contributed by atoms with E-state index in [0.29, 0.717) is 27.6 Å². The summed E-state index contributed by atoms with van der Waals surface area (Å²) in [4.78, 5) is 3.11. The van der Waals surface area contributed by atoms with Crippen LogP contribution in [-0.4, -0.2) is 19.7 Å². The van der Waals surface area contributed by atoms with Crippen LogP contribution in [0.25, 0.3) is 10.9 Å². The van der Waals surface area contributed by atoms with Gasteiger partial charge in [-0.25, -0.2) is 21.6 Å². The first-order valence-corrected chi connectivity index (χ1v) is 11.3. The van der Waals surface area contributed by atoms with Crippen molar-refractivity contribution in [2.75, 3.05) is 6.26 Å². The van der Waals surface area contributed by atoms with Crippen molar-refractivity contribution >= 4 is 20.7 Å². The summed E-state index contributed by atoms with van der Waals surface area (Å²) < 4.78 is 65.4. The highest BCUT2D eigenvalue weighted by molar-refractivity contribution is 7.89. The maximum atomic E-state index is 14.8. The summed E-state index contributed by atoms with van der Waals surface area (Å²) in [7, 11) is -3.26. The van der Waals surface area contributed by atoms with Crippen LogP contribution in [-0.2, 0) is 15.6 Å². The lowest BCUT2D eigenvalue weighted by atomic mass is 9.84. The Morgan fingerprint density at radius 3 is 2.27 bits per heavy atom. The molecule has 1 unspecified atom stereocenters. The standard InChI is InChI=1S/C23H18F3NO2S/c1-30(28,29)13-15-3-2-4-18-20(12-27-23(15)18)22(14-5-7-16(24)8-6-14)19-10-9-17(25)11-21(19)26/h2-12,22,27H,13H2,1H3. The average Bonchev–Trinajstić information content (AvgIpc) is 3.09. The Morgan fingerprint density at radius 1 is 0.900 bits per heavy atom. The third-order valence-corrected chi connectivity index (χ3v) is 5.87. The minimum atomic E-state index is -3.26. The van der Waals surface area contributed by atoms with Crippen LogP contribution in [0.15, 0.2) is 66.9 Å². The van der Waals surface area contributed by atoms with Gasteiger partial charge in [0.15, 0.2) is 9.84 Å². The van der Waals surface area contributed by atoms with Crippen LogP contribution in [0, 0.1) is 17.5 Å². The molecular weight excluding hydrogens is 411 g/mol. The molecule has 0 aliphatic carbocycles. The number of benzene rings is 3. The number of nitrogens with one attached hydrogen (secondary N) is 1. The van der Waals surface area contributed by atoms with Gasteiger partial charge in [-0.3, -0.25) is 0 Å². The quantitative estimate of drug-likeness (QED) is 0.467. The van der Waals surface area contributed by atoms with Gasteiger partial charge in [0.05, 0.1) is 5.75 Å². The Hall–Kier alpha value is -3.06.